The summed E-state index contributed by atoms with van der Waals surface area (Å²) in [7, 11) is -0.332. The first kappa shape index (κ1) is 15.7. The average molecular weight is 288 g/mol. The fraction of sp³-hybridized carbons (Fsp3) is 0.583. The Hall–Kier alpha value is -1.34. The Bertz CT molecular complexity index is 516. The summed E-state index contributed by atoms with van der Waals surface area (Å²) >= 11 is 0. The number of pyridine rings is 1. The summed E-state index contributed by atoms with van der Waals surface area (Å²) in [6.45, 7) is 2.13. The molecule has 0 aliphatic heterocycles. The molecule has 19 heavy (non-hydrogen) atoms. The Morgan fingerprint density at radius 3 is 2.58 bits per heavy atom. The van der Waals surface area contributed by atoms with Gasteiger partial charge in [0.1, 0.15) is 5.69 Å². The Morgan fingerprint density at radius 2 is 2.05 bits per heavy atom. The number of ether oxygens (including phenoxy) is 2. The molecule has 0 amide bonds. The molecule has 1 heterocycles. The molecule has 0 spiro atoms. The second-order valence-electron chi connectivity index (χ2n) is 4.39. The van der Waals surface area contributed by atoms with Crippen LogP contribution in [0.25, 0.3) is 0 Å². The van der Waals surface area contributed by atoms with Crippen molar-refractivity contribution >= 4 is 9.84 Å². The minimum atomic E-state index is -3.28. The maximum atomic E-state index is 12.0. The molecule has 0 aromatic carbocycles. The average Bonchev–Trinajstić information content (AvgIpc) is 2.37. The number of hydrogen-bond donors (Lipinski definition) is 1. The largest absolute Gasteiger partial charge is 0.493 e. The van der Waals surface area contributed by atoms with Gasteiger partial charge in [0.05, 0.1) is 25.7 Å². The molecular formula is C12H20N2O4S. The van der Waals surface area contributed by atoms with Crippen LogP contribution in [0.2, 0.25) is 0 Å². The zero-order chi connectivity index (χ0) is 14.5. The van der Waals surface area contributed by atoms with Gasteiger partial charge in [-0.25, -0.2) is 8.42 Å². The SMILES string of the molecule is COc1ccnc(CS(=O)(=O)CC(C)CN)c1OC. The Labute approximate surface area is 113 Å². The maximum absolute atomic E-state index is 12.0. The van der Waals surface area contributed by atoms with Crippen molar-refractivity contribution in [1.82, 2.24) is 4.98 Å². The van der Waals surface area contributed by atoms with Crippen molar-refractivity contribution in [2.75, 3.05) is 26.5 Å². The van der Waals surface area contributed by atoms with Gasteiger partial charge in [-0.15, -0.1) is 0 Å². The van der Waals surface area contributed by atoms with E-state index in [1.54, 1.807) is 13.0 Å². The highest BCUT2D eigenvalue weighted by Gasteiger charge is 2.21. The molecule has 6 nitrogen and oxygen atoms in total. The van der Waals surface area contributed by atoms with Gasteiger partial charge in [-0.05, 0) is 12.5 Å². The lowest BCUT2D eigenvalue weighted by Crippen LogP contribution is -2.22. The van der Waals surface area contributed by atoms with Crippen molar-refractivity contribution < 1.29 is 17.9 Å². The molecule has 0 aliphatic carbocycles. The highest BCUT2D eigenvalue weighted by atomic mass is 32.2. The van der Waals surface area contributed by atoms with Crippen molar-refractivity contribution in [2.24, 2.45) is 11.7 Å². The number of nitrogens with two attached hydrogens (primary N) is 1. The normalized spacial score (nSPS) is 13.1. The molecule has 108 valence electrons. The third kappa shape index (κ3) is 4.36. The molecule has 2 N–H and O–H groups in total. The smallest absolute Gasteiger partial charge is 0.183 e. The van der Waals surface area contributed by atoms with E-state index in [9.17, 15) is 8.42 Å². The van der Waals surface area contributed by atoms with Crippen LogP contribution in [0.5, 0.6) is 11.5 Å². The highest BCUT2D eigenvalue weighted by molar-refractivity contribution is 7.90. The van der Waals surface area contributed by atoms with Crippen LogP contribution in [-0.2, 0) is 15.6 Å². The van der Waals surface area contributed by atoms with Crippen molar-refractivity contribution in [3.63, 3.8) is 0 Å². The van der Waals surface area contributed by atoms with E-state index in [0.717, 1.165) is 0 Å². The second kappa shape index (κ2) is 6.72. The van der Waals surface area contributed by atoms with Crippen molar-refractivity contribution in [3.05, 3.63) is 18.0 Å². The predicted molar refractivity (Wildman–Crippen MR) is 73.1 cm³/mol. The molecular weight excluding hydrogens is 268 g/mol. The number of rotatable bonds is 7. The van der Waals surface area contributed by atoms with Gasteiger partial charge in [0.2, 0.25) is 0 Å². The molecule has 0 saturated heterocycles. The zero-order valence-electron chi connectivity index (χ0n) is 11.4. The number of hydrogen-bond acceptors (Lipinski definition) is 6. The lowest BCUT2D eigenvalue weighted by atomic mass is 10.2. The van der Waals surface area contributed by atoms with Crippen LogP contribution in [0.3, 0.4) is 0 Å². The summed E-state index contributed by atoms with van der Waals surface area (Å²) in [5.74, 6) is 0.591. The van der Waals surface area contributed by atoms with E-state index < -0.39 is 9.84 Å². The van der Waals surface area contributed by atoms with Crippen LogP contribution in [-0.4, -0.2) is 39.9 Å². The van der Waals surface area contributed by atoms with E-state index in [1.807, 2.05) is 0 Å². The van der Waals surface area contributed by atoms with E-state index in [0.29, 0.717) is 23.7 Å². The number of methoxy groups -OCH3 is 2. The van der Waals surface area contributed by atoms with Crippen molar-refractivity contribution in [1.29, 1.82) is 0 Å². The maximum Gasteiger partial charge on any atom is 0.183 e. The molecule has 1 aromatic rings. The van der Waals surface area contributed by atoms with Crippen LogP contribution in [0.15, 0.2) is 12.3 Å². The summed E-state index contributed by atoms with van der Waals surface area (Å²) in [5, 5.41) is 0. The molecule has 1 aromatic heterocycles. The quantitative estimate of drug-likeness (QED) is 0.790. The van der Waals surface area contributed by atoms with Crippen LogP contribution < -0.4 is 15.2 Å². The Balaban J connectivity index is 2.99. The minimum Gasteiger partial charge on any atom is -0.493 e. The molecule has 1 rings (SSSR count). The highest BCUT2D eigenvalue weighted by Crippen LogP contribution is 2.30. The first-order valence-electron chi connectivity index (χ1n) is 5.89. The Kier molecular flexibility index (Phi) is 5.56. The number of sulfone groups is 1. The van der Waals surface area contributed by atoms with Gasteiger partial charge >= 0.3 is 0 Å². The molecule has 0 saturated carbocycles. The zero-order valence-corrected chi connectivity index (χ0v) is 12.2. The predicted octanol–water partition coefficient (Wildman–Crippen LogP) is 0.608. The third-order valence-corrected chi connectivity index (χ3v) is 4.45. The van der Waals surface area contributed by atoms with Crippen LogP contribution in [0.4, 0.5) is 0 Å². The van der Waals surface area contributed by atoms with E-state index >= 15 is 0 Å². The number of aromatic nitrogens is 1. The van der Waals surface area contributed by atoms with Crippen LogP contribution >= 0.6 is 0 Å². The molecule has 1 unspecified atom stereocenters. The molecule has 0 bridgehead atoms. The van der Waals surface area contributed by atoms with Gasteiger partial charge in [-0.3, -0.25) is 4.98 Å². The van der Waals surface area contributed by atoms with Crippen molar-refractivity contribution in [3.8, 4) is 11.5 Å². The molecule has 0 radical (unpaired) electrons. The first-order chi connectivity index (χ1) is 8.93. The van der Waals surface area contributed by atoms with E-state index in [-0.39, 0.29) is 17.4 Å². The minimum absolute atomic E-state index is 0.0333. The van der Waals surface area contributed by atoms with Gasteiger partial charge in [0, 0.05) is 12.3 Å². The molecule has 1 atom stereocenters. The third-order valence-electron chi connectivity index (χ3n) is 2.66. The molecule has 0 aliphatic rings. The fourth-order valence-corrected chi connectivity index (χ4v) is 3.47. The molecule has 0 fully saturated rings. The summed E-state index contributed by atoms with van der Waals surface area (Å²) in [4.78, 5) is 4.06. The topological polar surface area (TPSA) is 91.5 Å². The summed E-state index contributed by atoms with van der Waals surface area (Å²) < 4.78 is 34.4. The van der Waals surface area contributed by atoms with Gasteiger partial charge < -0.3 is 15.2 Å². The second-order valence-corrected chi connectivity index (χ2v) is 6.50. The molecule has 7 heteroatoms. The van der Waals surface area contributed by atoms with E-state index in [1.165, 1.54) is 20.4 Å². The summed E-state index contributed by atoms with van der Waals surface area (Å²) in [6.07, 6.45) is 1.50. The number of nitrogens with zero attached hydrogens (tertiary/aromatic N) is 1. The first-order valence-corrected chi connectivity index (χ1v) is 7.72. The Morgan fingerprint density at radius 1 is 1.37 bits per heavy atom. The van der Waals surface area contributed by atoms with Gasteiger partial charge in [0.25, 0.3) is 0 Å². The van der Waals surface area contributed by atoms with Crippen molar-refractivity contribution in [2.45, 2.75) is 12.7 Å². The summed E-state index contributed by atoms with van der Waals surface area (Å²) in [5.41, 5.74) is 5.80. The fourth-order valence-electron chi connectivity index (χ4n) is 1.72. The van der Waals surface area contributed by atoms with Gasteiger partial charge in [-0.1, -0.05) is 6.92 Å². The van der Waals surface area contributed by atoms with Crippen LogP contribution in [0, 0.1) is 5.92 Å². The lowest BCUT2D eigenvalue weighted by Gasteiger charge is -2.13. The van der Waals surface area contributed by atoms with E-state index in [4.69, 9.17) is 15.2 Å². The van der Waals surface area contributed by atoms with Crippen LogP contribution in [0.1, 0.15) is 12.6 Å². The lowest BCUT2D eigenvalue weighted by molar-refractivity contribution is 0.350. The van der Waals surface area contributed by atoms with Gasteiger partial charge in [-0.2, -0.15) is 0 Å². The summed E-state index contributed by atoms with van der Waals surface area (Å²) in [6, 6.07) is 1.62. The van der Waals surface area contributed by atoms with Gasteiger partial charge in [0.15, 0.2) is 21.3 Å². The standard InChI is InChI=1S/C12H20N2O4S/c1-9(6-13)7-19(15,16)8-10-12(18-3)11(17-2)4-5-14-10/h4-5,9H,6-8,13H2,1-3H3. The van der Waals surface area contributed by atoms with E-state index in [2.05, 4.69) is 4.98 Å². The monoisotopic (exact) mass is 288 g/mol.